The lowest BCUT2D eigenvalue weighted by molar-refractivity contribution is 0.0472. The van der Waals surface area contributed by atoms with Gasteiger partial charge in [0, 0.05) is 23.5 Å². The minimum absolute atomic E-state index is 0.205. The lowest BCUT2D eigenvalue weighted by Crippen LogP contribution is -2.04. The third-order valence-electron chi connectivity index (χ3n) is 2.44. The Balaban J connectivity index is 2.11. The van der Waals surface area contributed by atoms with E-state index in [2.05, 4.69) is 27.8 Å². The fourth-order valence-electron chi connectivity index (χ4n) is 1.53. The highest BCUT2D eigenvalue weighted by Crippen LogP contribution is 2.23. The summed E-state index contributed by atoms with van der Waals surface area (Å²) in [5.41, 5.74) is 0. The Morgan fingerprint density at radius 1 is 1.38 bits per heavy atom. The van der Waals surface area contributed by atoms with Gasteiger partial charge in [-0.05, 0) is 19.3 Å². The Morgan fingerprint density at radius 3 is 2.81 bits per heavy atom. The molecule has 0 fully saturated rings. The molecule has 0 saturated heterocycles. The second kappa shape index (κ2) is 9.14. The number of alkyl halides is 1. The first-order valence-corrected chi connectivity index (χ1v) is 7.95. The Bertz CT molecular complexity index is 254. The van der Waals surface area contributed by atoms with Crippen LogP contribution in [0.5, 0.6) is 0 Å². The molecule has 1 rings (SSSR count). The molecule has 4 heteroatoms. The Labute approximate surface area is 111 Å². The van der Waals surface area contributed by atoms with E-state index >= 15 is 0 Å². The van der Waals surface area contributed by atoms with Crippen LogP contribution in [0, 0.1) is 0 Å². The van der Waals surface area contributed by atoms with Crippen LogP contribution in [0.3, 0.4) is 0 Å². The van der Waals surface area contributed by atoms with E-state index in [1.165, 1.54) is 19.3 Å². The van der Waals surface area contributed by atoms with Crippen molar-refractivity contribution in [3.63, 3.8) is 0 Å². The SMILES string of the molecule is CCC(OCCCCCCBr)c1nccs1. The van der Waals surface area contributed by atoms with E-state index in [1.807, 2.05) is 11.6 Å². The summed E-state index contributed by atoms with van der Waals surface area (Å²) in [6.07, 6.45) is 8.05. The van der Waals surface area contributed by atoms with Gasteiger partial charge in [0.25, 0.3) is 0 Å². The van der Waals surface area contributed by atoms with Gasteiger partial charge in [-0.15, -0.1) is 11.3 Å². The first-order chi connectivity index (χ1) is 7.88. The first kappa shape index (κ1) is 14.1. The number of halogens is 1. The van der Waals surface area contributed by atoms with Crippen LogP contribution in [0.1, 0.15) is 50.1 Å². The number of nitrogens with zero attached hydrogens (tertiary/aromatic N) is 1. The molecule has 0 saturated carbocycles. The number of hydrogen-bond donors (Lipinski definition) is 0. The van der Waals surface area contributed by atoms with Gasteiger partial charge in [-0.1, -0.05) is 35.7 Å². The Morgan fingerprint density at radius 2 is 2.19 bits per heavy atom. The quantitative estimate of drug-likeness (QED) is 0.492. The highest BCUT2D eigenvalue weighted by atomic mass is 79.9. The summed E-state index contributed by atoms with van der Waals surface area (Å²) >= 11 is 5.13. The fourth-order valence-corrected chi connectivity index (χ4v) is 2.70. The summed E-state index contributed by atoms with van der Waals surface area (Å²) in [7, 11) is 0. The molecule has 0 aromatic carbocycles. The van der Waals surface area contributed by atoms with Gasteiger partial charge in [-0.25, -0.2) is 4.98 Å². The number of ether oxygens (including phenoxy) is 1. The molecular weight excluding hydrogens is 286 g/mol. The molecule has 0 amide bonds. The van der Waals surface area contributed by atoms with E-state index in [1.54, 1.807) is 11.3 Å². The summed E-state index contributed by atoms with van der Waals surface area (Å²) in [5, 5.41) is 4.24. The maximum atomic E-state index is 5.85. The summed E-state index contributed by atoms with van der Waals surface area (Å²) in [6.45, 7) is 3.01. The van der Waals surface area contributed by atoms with E-state index in [4.69, 9.17) is 4.74 Å². The molecule has 1 aromatic rings. The summed E-state index contributed by atoms with van der Waals surface area (Å²) in [5.74, 6) is 0. The molecule has 1 unspecified atom stereocenters. The molecule has 0 N–H and O–H groups in total. The zero-order chi connectivity index (χ0) is 11.6. The fraction of sp³-hybridized carbons (Fsp3) is 0.750. The summed E-state index contributed by atoms with van der Waals surface area (Å²) in [6, 6.07) is 0. The third kappa shape index (κ3) is 5.41. The van der Waals surface area contributed by atoms with Gasteiger partial charge >= 0.3 is 0 Å². The highest BCUT2D eigenvalue weighted by molar-refractivity contribution is 9.09. The second-order valence-corrected chi connectivity index (χ2v) is 5.46. The van der Waals surface area contributed by atoms with Crippen molar-refractivity contribution >= 4 is 27.3 Å². The van der Waals surface area contributed by atoms with Crippen molar-refractivity contribution in [2.45, 2.75) is 45.1 Å². The normalized spacial score (nSPS) is 12.9. The van der Waals surface area contributed by atoms with Crippen LogP contribution < -0.4 is 0 Å². The van der Waals surface area contributed by atoms with Crippen LogP contribution in [0.2, 0.25) is 0 Å². The molecule has 0 aliphatic heterocycles. The molecule has 0 bridgehead atoms. The minimum Gasteiger partial charge on any atom is -0.371 e. The molecule has 16 heavy (non-hydrogen) atoms. The van der Waals surface area contributed by atoms with Crippen molar-refractivity contribution in [3.05, 3.63) is 16.6 Å². The van der Waals surface area contributed by atoms with Crippen molar-refractivity contribution in [1.29, 1.82) is 0 Å². The van der Waals surface area contributed by atoms with Gasteiger partial charge in [0.1, 0.15) is 11.1 Å². The van der Waals surface area contributed by atoms with Gasteiger partial charge in [0.15, 0.2) is 0 Å². The molecule has 1 aromatic heterocycles. The van der Waals surface area contributed by atoms with Crippen molar-refractivity contribution in [1.82, 2.24) is 4.98 Å². The van der Waals surface area contributed by atoms with Gasteiger partial charge in [0.05, 0.1) is 0 Å². The lowest BCUT2D eigenvalue weighted by atomic mass is 10.2. The molecular formula is C12H20BrNOS. The van der Waals surface area contributed by atoms with Crippen LogP contribution in [-0.2, 0) is 4.74 Å². The lowest BCUT2D eigenvalue weighted by Gasteiger charge is -2.13. The van der Waals surface area contributed by atoms with E-state index in [0.29, 0.717) is 0 Å². The first-order valence-electron chi connectivity index (χ1n) is 5.95. The standard InChI is InChI=1S/C12H20BrNOS/c1-2-11(12-14-8-10-16-12)15-9-6-4-3-5-7-13/h8,10-11H,2-7,9H2,1H3. The molecule has 2 nitrogen and oxygen atoms in total. The van der Waals surface area contributed by atoms with Gasteiger partial charge in [-0.2, -0.15) is 0 Å². The second-order valence-electron chi connectivity index (χ2n) is 3.74. The largest absolute Gasteiger partial charge is 0.371 e. The van der Waals surface area contributed by atoms with E-state index < -0.39 is 0 Å². The predicted octanol–water partition coefficient (Wildman–Crippen LogP) is 4.57. The van der Waals surface area contributed by atoms with E-state index in [-0.39, 0.29) is 6.10 Å². The number of rotatable bonds is 9. The van der Waals surface area contributed by atoms with Crippen LogP contribution in [0.25, 0.3) is 0 Å². The highest BCUT2D eigenvalue weighted by Gasteiger charge is 2.11. The molecule has 0 radical (unpaired) electrons. The Hall–Kier alpha value is 0.0700. The number of hydrogen-bond acceptors (Lipinski definition) is 3. The predicted molar refractivity (Wildman–Crippen MR) is 73.4 cm³/mol. The average molecular weight is 306 g/mol. The summed E-state index contributed by atoms with van der Waals surface area (Å²) < 4.78 is 5.85. The monoisotopic (exact) mass is 305 g/mol. The van der Waals surface area contributed by atoms with Gasteiger partial charge < -0.3 is 4.74 Å². The van der Waals surface area contributed by atoms with E-state index in [9.17, 15) is 0 Å². The smallest absolute Gasteiger partial charge is 0.121 e. The average Bonchev–Trinajstić information content (AvgIpc) is 2.82. The molecule has 0 aliphatic rings. The topological polar surface area (TPSA) is 22.1 Å². The van der Waals surface area contributed by atoms with Crippen molar-refractivity contribution in [2.24, 2.45) is 0 Å². The van der Waals surface area contributed by atoms with E-state index in [0.717, 1.165) is 29.8 Å². The molecule has 0 aliphatic carbocycles. The number of thiazole rings is 1. The Kier molecular flexibility index (Phi) is 8.07. The summed E-state index contributed by atoms with van der Waals surface area (Å²) in [4.78, 5) is 4.30. The molecule has 1 atom stereocenters. The zero-order valence-electron chi connectivity index (χ0n) is 9.82. The maximum Gasteiger partial charge on any atom is 0.121 e. The van der Waals surface area contributed by atoms with Crippen LogP contribution >= 0.6 is 27.3 Å². The molecule has 0 spiro atoms. The van der Waals surface area contributed by atoms with Gasteiger partial charge in [0.2, 0.25) is 0 Å². The maximum absolute atomic E-state index is 5.85. The number of aromatic nitrogens is 1. The van der Waals surface area contributed by atoms with Crippen LogP contribution in [-0.4, -0.2) is 16.9 Å². The van der Waals surface area contributed by atoms with Crippen LogP contribution in [0.4, 0.5) is 0 Å². The number of unbranched alkanes of at least 4 members (excludes halogenated alkanes) is 3. The van der Waals surface area contributed by atoms with Crippen molar-refractivity contribution < 1.29 is 4.74 Å². The van der Waals surface area contributed by atoms with Gasteiger partial charge in [-0.3, -0.25) is 0 Å². The molecule has 1 heterocycles. The molecule has 92 valence electrons. The third-order valence-corrected chi connectivity index (χ3v) is 3.87. The van der Waals surface area contributed by atoms with Crippen LogP contribution in [0.15, 0.2) is 11.6 Å². The van der Waals surface area contributed by atoms with Crippen molar-refractivity contribution in [2.75, 3.05) is 11.9 Å². The minimum atomic E-state index is 0.205. The van der Waals surface area contributed by atoms with Crippen molar-refractivity contribution in [3.8, 4) is 0 Å². The zero-order valence-corrected chi connectivity index (χ0v) is 12.2.